The summed E-state index contributed by atoms with van der Waals surface area (Å²) < 4.78 is 2.39. The number of hydrogen-bond donors (Lipinski definition) is 2. The van der Waals surface area contributed by atoms with Crippen LogP contribution in [0.5, 0.6) is 0 Å². The molecule has 0 aromatic carbocycles. The Morgan fingerprint density at radius 3 is 2.85 bits per heavy atom. The number of rotatable bonds is 3. The van der Waals surface area contributed by atoms with Crippen molar-refractivity contribution in [2.45, 2.75) is 63.5 Å². The van der Waals surface area contributed by atoms with Crippen molar-refractivity contribution < 1.29 is 4.79 Å². The fourth-order valence-corrected chi connectivity index (χ4v) is 4.00. The van der Waals surface area contributed by atoms with Gasteiger partial charge in [-0.1, -0.05) is 0 Å². The zero-order valence-corrected chi connectivity index (χ0v) is 12.4. The van der Waals surface area contributed by atoms with Crippen molar-refractivity contribution in [3.8, 4) is 0 Å². The number of amides is 1. The predicted octanol–water partition coefficient (Wildman–Crippen LogP) is 1.24. The van der Waals surface area contributed by atoms with E-state index in [1.165, 1.54) is 24.2 Å². The van der Waals surface area contributed by atoms with E-state index in [1.54, 1.807) is 0 Å². The van der Waals surface area contributed by atoms with Crippen LogP contribution in [0.4, 0.5) is 0 Å². The molecular formula is C15H24N4O. The zero-order chi connectivity index (χ0) is 14.3. The van der Waals surface area contributed by atoms with E-state index in [0.717, 1.165) is 37.9 Å². The number of carbonyl (C=O) groups excluding carboxylic acids is 1. The molecule has 2 atom stereocenters. The molecule has 1 aromatic heterocycles. The SMILES string of the molecule is CNC1(C(N)=O)CCC(n2c(C)nc3c2CCCC3)C1. The molecule has 0 aliphatic heterocycles. The van der Waals surface area contributed by atoms with E-state index in [0.29, 0.717) is 6.04 Å². The van der Waals surface area contributed by atoms with Crippen LogP contribution in [0.25, 0.3) is 0 Å². The lowest BCUT2D eigenvalue weighted by Crippen LogP contribution is -2.52. The number of nitrogens with two attached hydrogens (primary N) is 1. The first-order valence-electron chi connectivity index (χ1n) is 7.63. The van der Waals surface area contributed by atoms with Gasteiger partial charge in [0.1, 0.15) is 5.82 Å². The second-order valence-electron chi connectivity index (χ2n) is 6.22. The monoisotopic (exact) mass is 276 g/mol. The lowest BCUT2D eigenvalue weighted by atomic mass is 9.96. The van der Waals surface area contributed by atoms with E-state index in [2.05, 4.69) is 16.8 Å². The minimum Gasteiger partial charge on any atom is -0.368 e. The van der Waals surface area contributed by atoms with Gasteiger partial charge in [-0.05, 0) is 58.9 Å². The van der Waals surface area contributed by atoms with Gasteiger partial charge in [0.05, 0.1) is 11.2 Å². The van der Waals surface area contributed by atoms with Crippen LogP contribution < -0.4 is 11.1 Å². The number of likely N-dealkylation sites (N-methyl/N-ethyl adjacent to an activating group) is 1. The molecule has 0 bridgehead atoms. The summed E-state index contributed by atoms with van der Waals surface area (Å²) in [7, 11) is 1.84. The first kappa shape index (κ1) is 13.6. The van der Waals surface area contributed by atoms with Crippen LogP contribution in [0.15, 0.2) is 0 Å². The summed E-state index contributed by atoms with van der Waals surface area (Å²) in [5.74, 6) is 0.868. The van der Waals surface area contributed by atoms with Gasteiger partial charge in [0.2, 0.25) is 5.91 Å². The van der Waals surface area contributed by atoms with Gasteiger partial charge < -0.3 is 15.6 Å². The molecular weight excluding hydrogens is 252 g/mol. The third kappa shape index (κ3) is 1.95. The summed E-state index contributed by atoms with van der Waals surface area (Å²) >= 11 is 0. The van der Waals surface area contributed by atoms with Crippen LogP contribution in [-0.4, -0.2) is 28.0 Å². The minimum atomic E-state index is -0.539. The van der Waals surface area contributed by atoms with Crippen LogP contribution in [0.3, 0.4) is 0 Å². The Hall–Kier alpha value is -1.36. The molecule has 3 rings (SSSR count). The molecule has 2 unspecified atom stereocenters. The zero-order valence-electron chi connectivity index (χ0n) is 12.4. The maximum Gasteiger partial charge on any atom is 0.237 e. The molecule has 0 spiro atoms. The number of aromatic nitrogens is 2. The summed E-state index contributed by atoms with van der Waals surface area (Å²) in [5, 5.41) is 3.16. The van der Waals surface area contributed by atoms with Crippen LogP contribution >= 0.6 is 0 Å². The average molecular weight is 276 g/mol. The van der Waals surface area contributed by atoms with Gasteiger partial charge in [-0.25, -0.2) is 4.98 Å². The maximum atomic E-state index is 11.8. The van der Waals surface area contributed by atoms with E-state index >= 15 is 0 Å². The molecule has 1 saturated carbocycles. The molecule has 20 heavy (non-hydrogen) atoms. The first-order valence-corrected chi connectivity index (χ1v) is 7.63. The third-order valence-electron chi connectivity index (χ3n) is 5.15. The van der Waals surface area contributed by atoms with Crippen molar-refractivity contribution in [3.05, 3.63) is 17.2 Å². The lowest BCUT2D eigenvalue weighted by molar-refractivity contribution is -0.124. The van der Waals surface area contributed by atoms with E-state index in [4.69, 9.17) is 10.7 Å². The molecule has 3 N–H and O–H groups in total. The number of aryl methyl sites for hydroxylation is 2. The van der Waals surface area contributed by atoms with Crippen molar-refractivity contribution in [1.29, 1.82) is 0 Å². The Kier molecular flexibility index (Phi) is 3.32. The quantitative estimate of drug-likeness (QED) is 0.872. The van der Waals surface area contributed by atoms with Gasteiger partial charge in [0, 0.05) is 11.7 Å². The number of primary amides is 1. The summed E-state index contributed by atoms with van der Waals surface area (Å²) in [6.45, 7) is 2.09. The normalized spacial score (nSPS) is 29.4. The molecule has 2 aliphatic carbocycles. The van der Waals surface area contributed by atoms with E-state index in [1.807, 2.05) is 7.05 Å². The Morgan fingerprint density at radius 2 is 2.20 bits per heavy atom. The first-order chi connectivity index (χ1) is 9.57. The highest BCUT2D eigenvalue weighted by Gasteiger charge is 2.44. The van der Waals surface area contributed by atoms with E-state index in [9.17, 15) is 4.79 Å². The molecule has 5 heteroatoms. The summed E-state index contributed by atoms with van der Waals surface area (Å²) in [6, 6.07) is 0.351. The summed E-state index contributed by atoms with van der Waals surface area (Å²) in [5.41, 5.74) is 7.74. The number of carbonyl (C=O) groups is 1. The molecule has 1 aromatic rings. The Bertz CT molecular complexity index is 536. The van der Waals surface area contributed by atoms with Crippen LogP contribution in [0, 0.1) is 6.92 Å². The van der Waals surface area contributed by atoms with Crippen molar-refractivity contribution in [2.75, 3.05) is 7.05 Å². The van der Waals surface area contributed by atoms with Gasteiger partial charge >= 0.3 is 0 Å². The summed E-state index contributed by atoms with van der Waals surface area (Å²) in [4.78, 5) is 16.5. The summed E-state index contributed by atoms with van der Waals surface area (Å²) in [6.07, 6.45) is 7.30. The standard InChI is InChI=1S/C15H24N4O/c1-10-18-12-5-3-4-6-13(12)19(10)11-7-8-15(9-11,17-2)14(16)20/h11,17H,3-9H2,1-2H3,(H2,16,20). The number of fused-ring (bicyclic) bond motifs is 1. The van der Waals surface area contributed by atoms with Gasteiger partial charge in [-0.2, -0.15) is 0 Å². The molecule has 5 nitrogen and oxygen atoms in total. The fourth-order valence-electron chi connectivity index (χ4n) is 4.00. The number of hydrogen-bond acceptors (Lipinski definition) is 3. The largest absolute Gasteiger partial charge is 0.368 e. The van der Waals surface area contributed by atoms with Gasteiger partial charge in [0.25, 0.3) is 0 Å². The molecule has 110 valence electrons. The molecule has 0 radical (unpaired) electrons. The number of nitrogens with zero attached hydrogens (tertiary/aromatic N) is 2. The molecule has 2 aliphatic rings. The van der Waals surface area contributed by atoms with Gasteiger partial charge in [-0.15, -0.1) is 0 Å². The van der Waals surface area contributed by atoms with Crippen molar-refractivity contribution in [2.24, 2.45) is 5.73 Å². The Morgan fingerprint density at radius 1 is 1.45 bits per heavy atom. The van der Waals surface area contributed by atoms with E-state index < -0.39 is 5.54 Å². The topological polar surface area (TPSA) is 72.9 Å². The van der Waals surface area contributed by atoms with Crippen LogP contribution in [0.1, 0.15) is 55.4 Å². The van der Waals surface area contributed by atoms with Crippen molar-refractivity contribution >= 4 is 5.91 Å². The highest BCUT2D eigenvalue weighted by atomic mass is 16.1. The number of imidazole rings is 1. The van der Waals surface area contributed by atoms with Crippen LogP contribution in [-0.2, 0) is 17.6 Å². The molecule has 0 saturated heterocycles. The fraction of sp³-hybridized carbons (Fsp3) is 0.733. The van der Waals surface area contributed by atoms with Crippen molar-refractivity contribution in [1.82, 2.24) is 14.9 Å². The van der Waals surface area contributed by atoms with Gasteiger partial charge in [-0.3, -0.25) is 4.79 Å². The maximum absolute atomic E-state index is 11.8. The second kappa shape index (κ2) is 4.88. The highest BCUT2D eigenvalue weighted by molar-refractivity contribution is 5.85. The lowest BCUT2D eigenvalue weighted by Gasteiger charge is -2.26. The number of nitrogens with one attached hydrogen (secondary N) is 1. The predicted molar refractivity (Wildman–Crippen MR) is 77.5 cm³/mol. The van der Waals surface area contributed by atoms with Gasteiger partial charge in [0.15, 0.2) is 0 Å². The minimum absolute atomic E-state index is 0.228. The highest BCUT2D eigenvalue weighted by Crippen LogP contribution is 2.40. The molecule has 1 amide bonds. The van der Waals surface area contributed by atoms with E-state index in [-0.39, 0.29) is 5.91 Å². The third-order valence-corrected chi connectivity index (χ3v) is 5.15. The molecule has 1 heterocycles. The Balaban J connectivity index is 1.92. The van der Waals surface area contributed by atoms with Crippen LogP contribution in [0.2, 0.25) is 0 Å². The van der Waals surface area contributed by atoms with Crippen molar-refractivity contribution in [3.63, 3.8) is 0 Å². The smallest absolute Gasteiger partial charge is 0.237 e. The Labute approximate surface area is 119 Å². The average Bonchev–Trinajstić information content (AvgIpc) is 2.99. The molecule has 1 fully saturated rings. The second-order valence-corrected chi connectivity index (χ2v) is 6.22.